The van der Waals surface area contributed by atoms with Gasteiger partial charge in [-0.05, 0) is 47.5 Å². The molecule has 3 rings (SSSR count). The van der Waals surface area contributed by atoms with E-state index in [4.69, 9.17) is 45.3 Å². The van der Waals surface area contributed by atoms with Gasteiger partial charge in [0.15, 0.2) is 11.5 Å². The number of benzene rings is 3. The lowest BCUT2D eigenvalue weighted by Gasteiger charge is -2.32. The molecular weight excluding hydrogens is 502 g/mol. The van der Waals surface area contributed by atoms with Crippen LogP contribution in [-0.2, 0) is 12.0 Å². The number of aliphatic hydroxyl groups is 1. The van der Waals surface area contributed by atoms with Crippen LogP contribution in [0.3, 0.4) is 0 Å². The highest BCUT2D eigenvalue weighted by Crippen LogP contribution is 2.46. The van der Waals surface area contributed by atoms with Crippen LogP contribution in [0.2, 0.25) is 15.1 Å². The number of anilines is 1. The first-order chi connectivity index (χ1) is 15.4. The molecule has 3 N–H and O–H groups in total. The number of carbonyl (C=O) groups is 1. The summed E-state index contributed by atoms with van der Waals surface area (Å²) in [5, 5.41) is 10.6. The number of carbonyl (C=O) groups excluding carboxylic acids is 1. The molecule has 10 heteroatoms. The SMILES string of the molecule is COc1c(N)cccc1C(=O)Cc1c(Cl)cc(C(O)(c2ccc(Cl)cc2)C(F)(F)F)cc1Cl. The Labute approximate surface area is 202 Å². The number of alkyl halides is 3. The molecule has 33 heavy (non-hydrogen) atoms. The normalized spacial score (nSPS) is 13.5. The summed E-state index contributed by atoms with van der Waals surface area (Å²) in [7, 11) is 1.35. The molecule has 3 aromatic rings. The second-order valence-electron chi connectivity index (χ2n) is 7.16. The number of hydrogen-bond acceptors (Lipinski definition) is 4. The lowest BCUT2D eigenvalue weighted by atomic mass is 9.85. The van der Waals surface area contributed by atoms with Crippen LogP contribution in [0.5, 0.6) is 5.75 Å². The summed E-state index contributed by atoms with van der Waals surface area (Å²) in [6, 6.07) is 11.1. The van der Waals surface area contributed by atoms with Crippen LogP contribution in [0.25, 0.3) is 0 Å². The fourth-order valence-electron chi connectivity index (χ4n) is 3.42. The molecule has 0 aromatic heterocycles. The Hall–Kier alpha value is -2.45. The lowest BCUT2D eigenvalue weighted by molar-refractivity contribution is -0.248. The van der Waals surface area contributed by atoms with Crippen molar-refractivity contribution in [2.24, 2.45) is 0 Å². The molecule has 3 aromatic carbocycles. The summed E-state index contributed by atoms with van der Waals surface area (Å²) < 4.78 is 47.3. The van der Waals surface area contributed by atoms with Crippen LogP contribution in [0.1, 0.15) is 27.0 Å². The number of ether oxygens (including phenoxy) is 1. The number of ketones is 1. The van der Waals surface area contributed by atoms with Crippen molar-refractivity contribution in [1.29, 1.82) is 0 Å². The molecule has 0 fully saturated rings. The van der Waals surface area contributed by atoms with Crippen LogP contribution >= 0.6 is 34.8 Å². The van der Waals surface area contributed by atoms with Crippen LogP contribution in [0, 0.1) is 0 Å². The van der Waals surface area contributed by atoms with Crippen LogP contribution < -0.4 is 10.5 Å². The van der Waals surface area contributed by atoms with Crippen molar-refractivity contribution in [2.45, 2.75) is 18.2 Å². The first-order valence-electron chi connectivity index (χ1n) is 9.39. The molecule has 0 bridgehead atoms. The van der Waals surface area contributed by atoms with E-state index in [0.717, 1.165) is 24.3 Å². The van der Waals surface area contributed by atoms with E-state index in [9.17, 15) is 23.1 Å². The first-order valence-corrected chi connectivity index (χ1v) is 10.5. The summed E-state index contributed by atoms with van der Waals surface area (Å²) in [5.74, 6) is -0.292. The quantitative estimate of drug-likeness (QED) is 0.290. The Kier molecular flexibility index (Phi) is 7.19. The van der Waals surface area contributed by atoms with Crippen molar-refractivity contribution in [3.63, 3.8) is 0 Å². The number of hydrogen-bond donors (Lipinski definition) is 2. The van der Waals surface area contributed by atoms with Gasteiger partial charge in [-0.15, -0.1) is 0 Å². The fraction of sp³-hybridized carbons (Fsp3) is 0.174. The van der Waals surface area contributed by atoms with Gasteiger partial charge in [0.1, 0.15) is 0 Å². The van der Waals surface area contributed by atoms with E-state index in [1.54, 1.807) is 12.1 Å². The molecule has 4 nitrogen and oxygen atoms in total. The van der Waals surface area contributed by atoms with Gasteiger partial charge in [0.05, 0.1) is 18.4 Å². The molecule has 1 atom stereocenters. The number of Topliss-reactive ketones (excluding diaryl/α,β-unsaturated/α-hetero) is 1. The largest absolute Gasteiger partial charge is 0.494 e. The minimum absolute atomic E-state index is 0.0946. The van der Waals surface area contributed by atoms with Gasteiger partial charge in [-0.2, -0.15) is 13.2 Å². The number of nitrogen functional groups attached to an aromatic ring is 1. The predicted octanol–water partition coefficient (Wildman–Crippen LogP) is 6.46. The Morgan fingerprint density at radius 1 is 1.00 bits per heavy atom. The molecule has 1 unspecified atom stereocenters. The van der Waals surface area contributed by atoms with E-state index in [2.05, 4.69) is 0 Å². The zero-order chi connectivity index (χ0) is 24.6. The van der Waals surface area contributed by atoms with E-state index in [0.29, 0.717) is 0 Å². The molecule has 0 spiro atoms. The summed E-state index contributed by atoms with van der Waals surface area (Å²) in [4.78, 5) is 12.9. The van der Waals surface area contributed by atoms with Crippen LogP contribution in [0.15, 0.2) is 54.6 Å². The first kappa shape index (κ1) is 25.2. The van der Waals surface area contributed by atoms with E-state index < -0.39 is 28.7 Å². The highest BCUT2D eigenvalue weighted by molar-refractivity contribution is 6.36. The molecule has 0 saturated heterocycles. The molecule has 0 aliphatic heterocycles. The molecule has 0 heterocycles. The van der Waals surface area contributed by atoms with Gasteiger partial charge >= 0.3 is 6.18 Å². The maximum atomic E-state index is 14.0. The Balaban J connectivity index is 2.06. The molecular formula is C23H17Cl3F3NO3. The number of para-hydroxylation sites is 1. The van der Waals surface area contributed by atoms with Crippen molar-refractivity contribution >= 4 is 46.3 Å². The van der Waals surface area contributed by atoms with Gasteiger partial charge < -0.3 is 15.6 Å². The zero-order valence-corrected chi connectivity index (χ0v) is 19.3. The maximum absolute atomic E-state index is 14.0. The topological polar surface area (TPSA) is 72.5 Å². The fourth-order valence-corrected chi connectivity index (χ4v) is 4.17. The standard InChI is InChI=1S/C23H17Cl3F3NO3/c1-33-21-15(3-2-4-19(21)30)20(31)11-16-17(25)9-13(10-18(16)26)22(32,23(27,28)29)12-5-7-14(24)8-6-12/h2-10,32H,11,30H2,1H3. The second-order valence-corrected chi connectivity index (χ2v) is 8.41. The zero-order valence-electron chi connectivity index (χ0n) is 17.0. The highest BCUT2D eigenvalue weighted by Gasteiger charge is 2.56. The van der Waals surface area contributed by atoms with Gasteiger partial charge in [0.2, 0.25) is 5.60 Å². The lowest BCUT2D eigenvalue weighted by Crippen LogP contribution is -2.43. The second kappa shape index (κ2) is 9.43. The number of methoxy groups -OCH3 is 1. The number of rotatable bonds is 6. The van der Waals surface area contributed by atoms with Gasteiger partial charge in [-0.3, -0.25) is 4.79 Å². The molecule has 0 aliphatic rings. The van der Waals surface area contributed by atoms with Gasteiger partial charge in [0, 0.05) is 27.1 Å². The third kappa shape index (κ3) is 4.77. The molecule has 0 radical (unpaired) electrons. The smallest absolute Gasteiger partial charge is 0.425 e. The van der Waals surface area contributed by atoms with Crippen molar-refractivity contribution in [2.75, 3.05) is 12.8 Å². The average molecular weight is 519 g/mol. The van der Waals surface area contributed by atoms with Crippen LogP contribution in [-0.4, -0.2) is 24.2 Å². The third-order valence-electron chi connectivity index (χ3n) is 5.12. The monoisotopic (exact) mass is 517 g/mol. The summed E-state index contributed by atoms with van der Waals surface area (Å²) >= 11 is 18.3. The van der Waals surface area contributed by atoms with E-state index in [1.807, 2.05) is 0 Å². The van der Waals surface area contributed by atoms with Crippen molar-refractivity contribution in [1.82, 2.24) is 0 Å². The third-order valence-corrected chi connectivity index (χ3v) is 6.04. The van der Waals surface area contributed by atoms with Crippen molar-refractivity contribution in [3.8, 4) is 5.75 Å². The minimum atomic E-state index is -5.11. The molecule has 0 amide bonds. The predicted molar refractivity (Wildman–Crippen MR) is 122 cm³/mol. The summed E-state index contributed by atoms with van der Waals surface area (Å²) in [6.45, 7) is 0. The average Bonchev–Trinajstić information content (AvgIpc) is 2.74. The van der Waals surface area contributed by atoms with Crippen LogP contribution in [0.4, 0.5) is 18.9 Å². The van der Waals surface area contributed by atoms with Gasteiger partial charge in [-0.1, -0.05) is 53.0 Å². The Morgan fingerprint density at radius 2 is 1.58 bits per heavy atom. The molecule has 0 aliphatic carbocycles. The van der Waals surface area contributed by atoms with Crippen molar-refractivity contribution < 1.29 is 27.8 Å². The van der Waals surface area contributed by atoms with E-state index in [-0.39, 0.29) is 44.1 Å². The number of nitrogens with two attached hydrogens (primary N) is 1. The van der Waals surface area contributed by atoms with Crippen molar-refractivity contribution in [3.05, 3.63) is 91.9 Å². The molecule has 174 valence electrons. The van der Waals surface area contributed by atoms with E-state index >= 15 is 0 Å². The maximum Gasteiger partial charge on any atom is 0.425 e. The van der Waals surface area contributed by atoms with Gasteiger partial charge in [0.25, 0.3) is 0 Å². The summed E-state index contributed by atoms with van der Waals surface area (Å²) in [5.41, 5.74) is 1.84. The summed E-state index contributed by atoms with van der Waals surface area (Å²) in [6.07, 6.45) is -5.44. The molecule has 0 saturated carbocycles. The number of halogens is 6. The Bertz CT molecular complexity index is 1180. The van der Waals surface area contributed by atoms with Gasteiger partial charge in [-0.25, -0.2) is 0 Å². The highest BCUT2D eigenvalue weighted by atomic mass is 35.5. The minimum Gasteiger partial charge on any atom is -0.494 e. The Morgan fingerprint density at radius 3 is 2.09 bits per heavy atom. The van der Waals surface area contributed by atoms with E-state index in [1.165, 1.54) is 25.3 Å².